The van der Waals surface area contributed by atoms with E-state index in [1.165, 1.54) is 0 Å². The SMILES string of the molecule is CCOc1ccccc1OCCn1ccnc1. The van der Waals surface area contributed by atoms with Crippen LogP contribution in [0.1, 0.15) is 6.92 Å². The molecule has 2 rings (SSSR count). The molecule has 2 aromatic rings. The quantitative estimate of drug-likeness (QED) is 0.767. The molecule has 0 aliphatic carbocycles. The molecular formula is C13H16N2O2. The molecule has 4 nitrogen and oxygen atoms in total. The molecule has 90 valence electrons. The van der Waals surface area contributed by atoms with Crippen molar-refractivity contribution >= 4 is 0 Å². The lowest BCUT2D eigenvalue weighted by Crippen LogP contribution is -2.07. The van der Waals surface area contributed by atoms with Crippen LogP contribution in [0.15, 0.2) is 43.0 Å². The predicted molar refractivity (Wildman–Crippen MR) is 65.3 cm³/mol. The molecule has 0 saturated heterocycles. The van der Waals surface area contributed by atoms with Crippen LogP contribution in [0.5, 0.6) is 11.5 Å². The van der Waals surface area contributed by atoms with Gasteiger partial charge in [0, 0.05) is 12.4 Å². The van der Waals surface area contributed by atoms with Gasteiger partial charge in [-0.25, -0.2) is 4.98 Å². The lowest BCUT2D eigenvalue weighted by atomic mass is 10.3. The van der Waals surface area contributed by atoms with E-state index < -0.39 is 0 Å². The second-order valence-electron chi connectivity index (χ2n) is 3.53. The van der Waals surface area contributed by atoms with Crippen LogP contribution in [0.2, 0.25) is 0 Å². The third-order valence-corrected chi connectivity index (χ3v) is 2.32. The zero-order chi connectivity index (χ0) is 11.9. The first kappa shape index (κ1) is 11.5. The maximum absolute atomic E-state index is 5.69. The molecule has 1 aromatic carbocycles. The van der Waals surface area contributed by atoms with Crippen molar-refractivity contribution in [3.05, 3.63) is 43.0 Å². The normalized spacial score (nSPS) is 10.2. The van der Waals surface area contributed by atoms with Crippen LogP contribution in [-0.4, -0.2) is 22.8 Å². The first-order chi connectivity index (χ1) is 8.40. The second kappa shape index (κ2) is 5.94. The number of benzene rings is 1. The fourth-order valence-corrected chi connectivity index (χ4v) is 1.52. The summed E-state index contributed by atoms with van der Waals surface area (Å²) in [7, 11) is 0. The smallest absolute Gasteiger partial charge is 0.161 e. The molecule has 0 bridgehead atoms. The molecule has 17 heavy (non-hydrogen) atoms. The number of hydrogen-bond acceptors (Lipinski definition) is 3. The van der Waals surface area contributed by atoms with E-state index in [0.29, 0.717) is 13.2 Å². The minimum Gasteiger partial charge on any atom is -0.490 e. The van der Waals surface area contributed by atoms with Gasteiger partial charge in [0.05, 0.1) is 19.5 Å². The van der Waals surface area contributed by atoms with E-state index in [-0.39, 0.29) is 0 Å². The average Bonchev–Trinajstić information content (AvgIpc) is 2.85. The number of nitrogens with zero attached hydrogens (tertiary/aromatic N) is 2. The highest BCUT2D eigenvalue weighted by atomic mass is 16.5. The summed E-state index contributed by atoms with van der Waals surface area (Å²) in [6.07, 6.45) is 5.45. The van der Waals surface area contributed by atoms with E-state index in [1.54, 1.807) is 12.5 Å². The summed E-state index contributed by atoms with van der Waals surface area (Å²) >= 11 is 0. The first-order valence-corrected chi connectivity index (χ1v) is 5.70. The molecule has 0 atom stereocenters. The maximum Gasteiger partial charge on any atom is 0.161 e. The lowest BCUT2D eigenvalue weighted by molar-refractivity contribution is 0.266. The monoisotopic (exact) mass is 232 g/mol. The largest absolute Gasteiger partial charge is 0.490 e. The van der Waals surface area contributed by atoms with Crippen LogP contribution in [0.25, 0.3) is 0 Å². The first-order valence-electron chi connectivity index (χ1n) is 5.70. The Hall–Kier alpha value is -1.97. The summed E-state index contributed by atoms with van der Waals surface area (Å²) in [5.74, 6) is 1.58. The van der Waals surface area contributed by atoms with Gasteiger partial charge in [0.2, 0.25) is 0 Å². The van der Waals surface area contributed by atoms with E-state index in [2.05, 4.69) is 4.98 Å². The Morgan fingerprint density at radius 2 is 1.94 bits per heavy atom. The molecule has 0 saturated carbocycles. The lowest BCUT2D eigenvalue weighted by Gasteiger charge is -2.11. The molecule has 0 spiro atoms. The highest BCUT2D eigenvalue weighted by molar-refractivity contribution is 5.39. The van der Waals surface area contributed by atoms with E-state index in [1.807, 2.05) is 42.0 Å². The fourth-order valence-electron chi connectivity index (χ4n) is 1.52. The Morgan fingerprint density at radius 1 is 1.18 bits per heavy atom. The molecular weight excluding hydrogens is 216 g/mol. The zero-order valence-electron chi connectivity index (χ0n) is 9.87. The highest BCUT2D eigenvalue weighted by Gasteiger charge is 2.02. The summed E-state index contributed by atoms with van der Waals surface area (Å²) in [5, 5.41) is 0. The second-order valence-corrected chi connectivity index (χ2v) is 3.53. The Balaban J connectivity index is 1.89. The topological polar surface area (TPSA) is 36.3 Å². The van der Waals surface area contributed by atoms with Crippen LogP contribution in [0.4, 0.5) is 0 Å². The minimum atomic E-state index is 0.598. The zero-order valence-corrected chi connectivity index (χ0v) is 9.87. The molecule has 0 aliphatic rings. The van der Waals surface area contributed by atoms with Crippen molar-refractivity contribution in [2.24, 2.45) is 0 Å². The van der Waals surface area contributed by atoms with Gasteiger partial charge in [-0.2, -0.15) is 0 Å². The number of aromatic nitrogens is 2. The van der Waals surface area contributed by atoms with Gasteiger partial charge < -0.3 is 14.0 Å². The van der Waals surface area contributed by atoms with Crippen molar-refractivity contribution in [2.45, 2.75) is 13.5 Å². The predicted octanol–water partition coefficient (Wildman–Crippen LogP) is 2.36. The van der Waals surface area contributed by atoms with Gasteiger partial charge >= 0.3 is 0 Å². The average molecular weight is 232 g/mol. The van der Waals surface area contributed by atoms with Gasteiger partial charge in [-0.05, 0) is 19.1 Å². The van der Waals surface area contributed by atoms with Crippen molar-refractivity contribution in [2.75, 3.05) is 13.2 Å². The van der Waals surface area contributed by atoms with Crippen molar-refractivity contribution < 1.29 is 9.47 Å². The standard InChI is InChI=1S/C13H16N2O2/c1-2-16-12-5-3-4-6-13(12)17-10-9-15-8-7-14-11-15/h3-8,11H,2,9-10H2,1H3. The molecule has 0 fully saturated rings. The van der Waals surface area contributed by atoms with Gasteiger partial charge in [-0.3, -0.25) is 0 Å². The van der Waals surface area contributed by atoms with E-state index >= 15 is 0 Å². The van der Waals surface area contributed by atoms with Gasteiger partial charge in [0.1, 0.15) is 6.61 Å². The summed E-state index contributed by atoms with van der Waals surface area (Å²) in [6.45, 7) is 3.98. The molecule has 0 radical (unpaired) electrons. The van der Waals surface area contributed by atoms with Gasteiger partial charge in [-0.1, -0.05) is 12.1 Å². The third kappa shape index (κ3) is 3.24. The van der Waals surface area contributed by atoms with Gasteiger partial charge in [0.15, 0.2) is 11.5 Å². The molecule has 4 heteroatoms. The number of ether oxygens (including phenoxy) is 2. The molecule has 0 N–H and O–H groups in total. The van der Waals surface area contributed by atoms with Crippen LogP contribution >= 0.6 is 0 Å². The summed E-state index contributed by atoms with van der Waals surface area (Å²) in [5.41, 5.74) is 0. The molecule has 1 heterocycles. The number of imidazole rings is 1. The van der Waals surface area contributed by atoms with Crippen molar-refractivity contribution in [3.63, 3.8) is 0 Å². The van der Waals surface area contributed by atoms with Crippen molar-refractivity contribution in [3.8, 4) is 11.5 Å². The fraction of sp³-hybridized carbons (Fsp3) is 0.308. The Bertz CT molecular complexity index is 440. The molecule has 0 unspecified atom stereocenters. The maximum atomic E-state index is 5.69. The van der Waals surface area contributed by atoms with Crippen LogP contribution in [0, 0.1) is 0 Å². The van der Waals surface area contributed by atoms with Crippen LogP contribution in [0.3, 0.4) is 0 Å². The highest BCUT2D eigenvalue weighted by Crippen LogP contribution is 2.26. The molecule has 0 aliphatic heterocycles. The third-order valence-electron chi connectivity index (χ3n) is 2.32. The summed E-state index contributed by atoms with van der Waals surface area (Å²) in [4.78, 5) is 3.98. The van der Waals surface area contributed by atoms with Crippen molar-refractivity contribution in [1.29, 1.82) is 0 Å². The van der Waals surface area contributed by atoms with E-state index in [9.17, 15) is 0 Å². The Kier molecular flexibility index (Phi) is 4.02. The van der Waals surface area contributed by atoms with Crippen LogP contribution in [-0.2, 0) is 6.54 Å². The summed E-state index contributed by atoms with van der Waals surface area (Å²) < 4.78 is 13.1. The van der Waals surface area contributed by atoms with Gasteiger partial charge in [-0.15, -0.1) is 0 Å². The Morgan fingerprint density at radius 3 is 2.59 bits per heavy atom. The molecule has 0 amide bonds. The van der Waals surface area contributed by atoms with E-state index in [4.69, 9.17) is 9.47 Å². The van der Waals surface area contributed by atoms with Gasteiger partial charge in [0.25, 0.3) is 0 Å². The number of rotatable bonds is 6. The van der Waals surface area contributed by atoms with Crippen LogP contribution < -0.4 is 9.47 Å². The van der Waals surface area contributed by atoms with Crippen molar-refractivity contribution in [1.82, 2.24) is 9.55 Å². The summed E-state index contributed by atoms with van der Waals surface area (Å²) in [6, 6.07) is 7.71. The van der Waals surface area contributed by atoms with E-state index in [0.717, 1.165) is 18.0 Å². The Labute approximate surface area is 101 Å². The number of para-hydroxylation sites is 2. The molecule has 1 aromatic heterocycles. The minimum absolute atomic E-state index is 0.598. The number of hydrogen-bond donors (Lipinski definition) is 0.